The third kappa shape index (κ3) is 4.92. The molecule has 2 N–H and O–H groups in total. The molecule has 0 amide bonds. The Labute approximate surface area is 108 Å². The highest BCUT2D eigenvalue weighted by atomic mass is 16.4. The predicted molar refractivity (Wildman–Crippen MR) is 70.8 cm³/mol. The van der Waals surface area contributed by atoms with E-state index in [2.05, 4.69) is 19.2 Å². The minimum absolute atomic E-state index is 0.0177. The van der Waals surface area contributed by atoms with Crippen LogP contribution in [0.1, 0.15) is 55.0 Å². The van der Waals surface area contributed by atoms with Gasteiger partial charge >= 0.3 is 5.97 Å². The third-order valence-electron chi connectivity index (χ3n) is 2.93. The minimum atomic E-state index is -1.01. The van der Waals surface area contributed by atoms with Gasteiger partial charge in [-0.15, -0.1) is 0 Å². The van der Waals surface area contributed by atoms with Gasteiger partial charge in [-0.05, 0) is 31.9 Å². The van der Waals surface area contributed by atoms with Crippen molar-refractivity contribution in [3.05, 3.63) is 23.2 Å². The van der Waals surface area contributed by atoms with Crippen molar-refractivity contribution >= 4 is 5.97 Å². The zero-order valence-electron chi connectivity index (χ0n) is 11.5. The van der Waals surface area contributed by atoms with Gasteiger partial charge in [-0.2, -0.15) is 0 Å². The Kier molecular flexibility index (Phi) is 5.92. The molecule has 18 heavy (non-hydrogen) atoms. The summed E-state index contributed by atoms with van der Waals surface area (Å²) < 4.78 is 5.15. The molecule has 0 bridgehead atoms. The fourth-order valence-electron chi connectivity index (χ4n) is 1.83. The van der Waals surface area contributed by atoms with Crippen LogP contribution in [-0.2, 0) is 6.54 Å². The van der Waals surface area contributed by atoms with Gasteiger partial charge in [0.2, 0.25) is 5.76 Å². The van der Waals surface area contributed by atoms with E-state index in [-0.39, 0.29) is 5.76 Å². The van der Waals surface area contributed by atoms with Crippen LogP contribution in [0.4, 0.5) is 0 Å². The van der Waals surface area contributed by atoms with Crippen molar-refractivity contribution in [3.63, 3.8) is 0 Å². The fourth-order valence-corrected chi connectivity index (χ4v) is 1.83. The number of hydrogen-bond donors (Lipinski definition) is 2. The quantitative estimate of drug-likeness (QED) is 0.698. The Balaban J connectivity index is 2.25. The number of nitrogens with one attached hydrogen (secondary N) is 1. The minimum Gasteiger partial charge on any atom is -0.475 e. The maximum Gasteiger partial charge on any atom is 0.371 e. The Hall–Kier alpha value is -1.29. The predicted octanol–water partition coefficient (Wildman–Crippen LogP) is 3.20. The van der Waals surface area contributed by atoms with Gasteiger partial charge in [0, 0.05) is 12.1 Å². The van der Waals surface area contributed by atoms with Gasteiger partial charge < -0.3 is 14.8 Å². The van der Waals surface area contributed by atoms with Crippen LogP contribution in [0.15, 0.2) is 10.5 Å². The van der Waals surface area contributed by atoms with E-state index in [9.17, 15) is 4.79 Å². The van der Waals surface area contributed by atoms with Gasteiger partial charge in [-0.1, -0.05) is 26.7 Å². The van der Waals surface area contributed by atoms with E-state index in [0.717, 1.165) is 24.4 Å². The van der Waals surface area contributed by atoms with Gasteiger partial charge in [-0.25, -0.2) is 4.79 Å². The van der Waals surface area contributed by atoms with Crippen molar-refractivity contribution in [3.8, 4) is 0 Å². The van der Waals surface area contributed by atoms with Crippen LogP contribution in [0.2, 0.25) is 0 Å². The van der Waals surface area contributed by atoms with E-state index in [1.807, 2.05) is 0 Å². The van der Waals surface area contributed by atoms with E-state index >= 15 is 0 Å². The molecule has 102 valence electrons. The summed E-state index contributed by atoms with van der Waals surface area (Å²) in [5.41, 5.74) is 0.927. The molecule has 1 heterocycles. The van der Waals surface area contributed by atoms with Gasteiger partial charge in [0.05, 0.1) is 0 Å². The summed E-state index contributed by atoms with van der Waals surface area (Å²) in [4.78, 5) is 10.7. The van der Waals surface area contributed by atoms with E-state index in [1.165, 1.54) is 12.8 Å². The maximum absolute atomic E-state index is 10.7. The third-order valence-corrected chi connectivity index (χ3v) is 2.93. The van der Waals surface area contributed by atoms with Crippen LogP contribution >= 0.6 is 0 Å². The second-order valence-corrected chi connectivity index (χ2v) is 5.06. The number of carbonyl (C=O) groups is 1. The molecule has 4 heteroatoms. The Morgan fingerprint density at radius 1 is 1.44 bits per heavy atom. The Bertz CT molecular complexity index is 382. The van der Waals surface area contributed by atoms with E-state index < -0.39 is 5.97 Å². The zero-order chi connectivity index (χ0) is 13.5. The van der Waals surface area contributed by atoms with Crippen molar-refractivity contribution in [1.82, 2.24) is 5.32 Å². The zero-order valence-corrected chi connectivity index (χ0v) is 11.5. The molecule has 1 rings (SSSR count). The first kappa shape index (κ1) is 14.8. The molecule has 0 unspecified atom stereocenters. The van der Waals surface area contributed by atoms with E-state index in [1.54, 1.807) is 13.0 Å². The highest BCUT2D eigenvalue weighted by Crippen LogP contribution is 2.14. The Morgan fingerprint density at radius 3 is 2.72 bits per heavy atom. The average molecular weight is 253 g/mol. The highest BCUT2D eigenvalue weighted by Gasteiger charge is 2.12. The van der Waals surface area contributed by atoms with Crippen LogP contribution in [0.3, 0.4) is 0 Å². The number of hydrogen-bond acceptors (Lipinski definition) is 3. The second-order valence-electron chi connectivity index (χ2n) is 5.06. The lowest BCUT2D eigenvalue weighted by Crippen LogP contribution is -2.14. The van der Waals surface area contributed by atoms with Crippen LogP contribution in [0, 0.1) is 12.8 Å². The van der Waals surface area contributed by atoms with Crippen LogP contribution in [0.5, 0.6) is 0 Å². The van der Waals surface area contributed by atoms with Crippen molar-refractivity contribution < 1.29 is 14.3 Å². The molecular formula is C14H23NO3. The summed E-state index contributed by atoms with van der Waals surface area (Å²) in [6.07, 6.45) is 3.64. The largest absolute Gasteiger partial charge is 0.475 e. The smallest absolute Gasteiger partial charge is 0.371 e. The number of rotatable bonds is 8. The van der Waals surface area contributed by atoms with Crippen LogP contribution in [-0.4, -0.2) is 17.6 Å². The standard InChI is InChI=1S/C14H23NO3/c1-10(2)6-4-5-7-15-9-12-8-13(14(16)17)18-11(12)3/h8,10,15H,4-7,9H2,1-3H3,(H,16,17). The number of unbranched alkanes of at least 4 members (excludes halogenated alkanes) is 1. The molecular weight excluding hydrogens is 230 g/mol. The first-order chi connectivity index (χ1) is 8.50. The normalized spacial score (nSPS) is 11.1. The lowest BCUT2D eigenvalue weighted by atomic mass is 10.1. The van der Waals surface area contributed by atoms with E-state index in [4.69, 9.17) is 9.52 Å². The lowest BCUT2D eigenvalue weighted by molar-refractivity contribution is 0.0661. The summed E-state index contributed by atoms with van der Waals surface area (Å²) in [6.45, 7) is 7.89. The Morgan fingerprint density at radius 2 is 2.17 bits per heavy atom. The summed E-state index contributed by atoms with van der Waals surface area (Å²) in [5, 5.41) is 12.1. The molecule has 0 aliphatic rings. The molecule has 1 aromatic heterocycles. The van der Waals surface area contributed by atoms with Gasteiger partial charge in [-0.3, -0.25) is 0 Å². The van der Waals surface area contributed by atoms with E-state index in [0.29, 0.717) is 12.3 Å². The molecule has 0 fully saturated rings. The molecule has 0 atom stereocenters. The van der Waals surface area contributed by atoms with Gasteiger partial charge in [0.25, 0.3) is 0 Å². The molecule has 0 aliphatic heterocycles. The monoisotopic (exact) mass is 253 g/mol. The highest BCUT2D eigenvalue weighted by molar-refractivity contribution is 5.84. The van der Waals surface area contributed by atoms with Gasteiger partial charge in [0.1, 0.15) is 5.76 Å². The maximum atomic E-state index is 10.7. The first-order valence-corrected chi connectivity index (χ1v) is 6.54. The van der Waals surface area contributed by atoms with Crippen molar-refractivity contribution in [2.24, 2.45) is 5.92 Å². The number of carboxylic acid groups (broad SMARTS) is 1. The number of aromatic carboxylic acids is 1. The van der Waals surface area contributed by atoms with Crippen LogP contribution < -0.4 is 5.32 Å². The number of carboxylic acids is 1. The average Bonchev–Trinajstić information content (AvgIpc) is 2.65. The molecule has 0 aromatic carbocycles. The number of aryl methyl sites for hydroxylation is 1. The molecule has 0 radical (unpaired) electrons. The fraction of sp³-hybridized carbons (Fsp3) is 0.643. The second kappa shape index (κ2) is 7.21. The molecule has 0 spiro atoms. The summed E-state index contributed by atoms with van der Waals surface area (Å²) in [6, 6.07) is 1.60. The first-order valence-electron chi connectivity index (χ1n) is 6.54. The molecule has 1 aromatic rings. The molecule has 4 nitrogen and oxygen atoms in total. The van der Waals surface area contributed by atoms with Crippen LogP contribution in [0.25, 0.3) is 0 Å². The van der Waals surface area contributed by atoms with Gasteiger partial charge in [0.15, 0.2) is 0 Å². The number of furan rings is 1. The summed E-state index contributed by atoms with van der Waals surface area (Å²) in [5.74, 6) is 0.451. The van der Waals surface area contributed by atoms with Crippen molar-refractivity contribution in [1.29, 1.82) is 0 Å². The molecule has 0 aliphatic carbocycles. The summed E-state index contributed by atoms with van der Waals surface area (Å²) in [7, 11) is 0. The SMILES string of the molecule is Cc1oc(C(=O)O)cc1CNCCCCC(C)C. The topological polar surface area (TPSA) is 62.5 Å². The van der Waals surface area contributed by atoms with Crippen molar-refractivity contribution in [2.45, 2.75) is 46.6 Å². The molecule has 0 saturated heterocycles. The van der Waals surface area contributed by atoms with Crippen molar-refractivity contribution in [2.75, 3.05) is 6.54 Å². The summed E-state index contributed by atoms with van der Waals surface area (Å²) >= 11 is 0. The molecule has 0 saturated carbocycles. The lowest BCUT2D eigenvalue weighted by Gasteiger charge is -2.05.